The maximum absolute atomic E-state index is 11.7. The van der Waals surface area contributed by atoms with Crippen LogP contribution in [0.3, 0.4) is 0 Å². The molecule has 0 spiro atoms. The van der Waals surface area contributed by atoms with Crippen LogP contribution in [0.4, 0.5) is 5.69 Å². The molecule has 1 rings (SSSR count). The van der Waals surface area contributed by atoms with Gasteiger partial charge in [-0.05, 0) is 18.2 Å². The summed E-state index contributed by atoms with van der Waals surface area (Å²) in [6.07, 6.45) is 0. The molecule has 0 bridgehead atoms. The van der Waals surface area contributed by atoms with E-state index in [4.69, 9.17) is 32.2 Å². The third-order valence-corrected chi connectivity index (χ3v) is 2.66. The molecule has 20 heavy (non-hydrogen) atoms. The predicted molar refractivity (Wildman–Crippen MR) is 80.2 cm³/mol. The SMILES string of the molecule is COCCOCC(=O)Nc1ccc(C(N)=S)cc1OC. The second kappa shape index (κ2) is 8.47. The van der Waals surface area contributed by atoms with Crippen molar-refractivity contribution in [2.24, 2.45) is 5.73 Å². The summed E-state index contributed by atoms with van der Waals surface area (Å²) < 4.78 is 15.1. The Morgan fingerprint density at radius 3 is 2.70 bits per heavy atom. The van der Waals surface area contributed by atoms with Crippen LogP contribution in [0.2, 0.25) is 0 Å². The highest BCUT2D eigenvalue weighted by molar-refractivity contribution is 7.80. The van der Waals surface area contributed by atoms with Gasteiger partial charge in [0, 0.05) is 12.7 Å². The number of ether oxygens (including phenoxy) is 3. The molecule has 1 aromatic carbocycles. The summed E-state index contributed by atoms with van der Waals surface area (Å²) in [5.41, 5.74) is 6.75. The fraction of sp³-hybridized carbons (Fsp3) is 0.385. The van der Waals surface area contributed by atoms with E-state index >= 15 is 0 Å². The number of carbonyl (C=O) groups excluding carboxylic acids is 1. The van der Waals surface area contributed by atoms with E-state index < -0.39 is 0 Å². The molecule has 0 radical (unpaired) electrons. The summed E-state index contributed by atoms with van der Waals surface area (Å²) in [4.78, 5) is 11.9. The van der Waals surface area contributed by atoms with Gasteiger partial charge >= 0.3 is 0 Å². The quantitative estimate of drug-likeness (QED) is 0.549. The van der Waals surface area contributed by atoms with Gasteiger partial charge in [0.25, 0.3) is 0 Å². The molecule has 0 saturated carbocycles. The molecule has 0 aromatic heterocycles. The van der Waals surface area contributed by atoms with Gasteiger partial charge in [-0.15, -0.1) is 0 Å². The highest BCUT2D eigenvalue weighted by Gasteiger charge is 2.09. The zero-order chi connectivity index (χ0) is 15.0. The van der Waals surface area contributed by atoms with Crippen LogP contribution >= 0.6 is 12.2 Å². The van der Waals surface area contributed by atoms with Crippen molar-refractivity contribution in [3.8, 4) is 5.75 Å². The molecule has 6 nitrogen and oxygen atoms in total. The summed E-state index contributed by atoms with van der Waals surface area (Å²) in [6, 6.07) is 5.07. The lowest BCUT2D eigenvalue weighted by molar-refractivity contribution is -0.121. The molecule has 0 unspecified atom stereocenters. The Kier molecular flexibility index (Phi) is 6.92. The highest BCUT2D eigenvalue weighted by Crippen LogP contribution is 2.25. The van der Waals surface area contributed by atoms with Gasteiger partial charge in [-0.2, -0.15) is 0 Å². The number of hydrogen-bond donors (Lipinski definition) is 2. The molecule has 0 aliphatic carbocycles. The molecule has 0 heterocycles. The molecule has 0 fully saturated rings. The number of carbonyl (C=O) groups is 1. The highest BCUT2D eigenvalue weighted by atomic mass is 32.1. The third-order valence-electron chi connectivity index (χ3n) is 2.43. The van der Waals surface area contributed by atoms with Crippen molar-refractivity contribution in [3.05, 3.63) is 23.8 Å². The van der Waals surface area contributed by atoms with E-state index in [2.05, 4.69) is 5.32 Å². The molecule has 1 amide bonds. The minimum Gasteiger partial charge on any atom is -0.495 e. The summed E-state index contributed by atoms with van der Waals surface area (Å²) in [5.74, 6) is 0.211. The Bertz CT molecular complexity index is 479. The van der Waals surface area contributed by atoms with Gasteiger partial charge in [0.1, 0.15) is 17.3 Å². The van der Waals surface area contributed by atoms with E-state index in [9.17, 15) is 4.79 Å². The molecule has 0 saturated heterocycles. The average molecular weight is 298 g/mol. The Morgan fingerprint density at radius 2 is 2.10 bits per heavy atom. The van der Waals surface area contributed by atoms with Crippen LogP contribution in [0.15, 0.2) is 18.2 Å². The van der Waals surface area contributed by atoms with E-state index in [0.717, 1.165) is 0 Å². The van der Waals surface area contributed by atoms with Crippen molar-refractivity contribution in [2.75, 3.05) is 39.4 Å². The maximum atomic E-state index is 11.7. The number of benzene rings is 1. The number of thiocarbonyl (C=S) groups is 1. The molecule has 7 heteroatoms. The van der Waals surface area contributed by atoms with E-state index in [1.54, 1.807) is 25.3 Å². The summed E-state index contributed by atoms with van der Waals surface area (Å²) in [5, 5.41) is 2.69. The molecular weight excluding hydrogens is 280 g/mol. The van der Waals surface area contributed by atoms with Crippen LogP contribution in [-0.2, 0) is 14.3 Å². The fourth-order valence-electron chi connectivity index (χ4n) is 1.44. The van der Waals surface area contributed by atoms with Crippen molar-refractivity contribution in [2.45, 2.75) is 0 Å². The molecule has 1 aromatic rings. The second-order valence-electron chi connectivity index (χ2n) is 3.87. The molecule has 3 N–H and O–H groups in total. The van der Waals surface area contributed by atoms with E-state index in [0.29, 0.717) is 30.2 Å². The smallest absolute Gasteiger partial charge is 0.250 e. The largest absolute Gasteiger partial charge is 0.495 e. The van der Waals surface area contributed by atoms with Crippen molar-refractivity contribution in [1.29, 1.82) is 0 Å². The minimum absolute atomic E-state index is 0.0520. The minimum atomic E-state index is -0.275. The summed E-state index contributed by atoms with van der Waals surface area (Å²) >= 11 is 4.89. The monoisotopic (exact) mass is 298 g/mol. The number of nitrogens with one attached hydrogen (secondary N) is 1. The molecular formula is C13H18N2O4S. The van der Waals surface area contributed by atoms with E-state index in [-0.39, 0.29) is 17.5 Å². The summed E-state index contributed by atoms with van der Waals surface area (Å²) in [7, 11) is 3.07. The van der Waals surface area contributed by atoms with Crippen LogP contribution in [0.25, 0.3) is 0 Å². The third kappa shape index (κ3) is 5.12. The van der Waals surface area contributed by atoms with Crippen molar-refractivity contribution >= 4 is 28.8 Å². The summed E-state index contributed by atoms with van der Waals surface area (Å²) in [6.45, 7) is 0.754. The maximum Gasteiger partial charge on any atom is 0.250 e. The number of nitrogens with two attached hydrogens (primary N) is 1. The normalized spacial score (nSPS) is 10.1. The number of methoxy groups -OCH3 is 2. The van der Waals surface area contributed by atoms with E-state index in [1.807, 2.05) is 0 Å². The Balaban J connectivity index is 2.62. The second-order valence-corrected chi connectivity index (χ2v) is 4.31. The van der Waals surface area contributed by atoms with Crippen LogP contribution in [0.1, 0.15) is 5.56 Å². The number of rotatable bonds is 8. The molecule has 0 aliphatic rings. The van der Waals surface area contributed by atoms with Crippen LogP contribution in [0.5, 0.6) is 5.75 Å². The standard InChI is InChI=1S/C13H18N2O4S/c1-17-5-6-19-8-12(16)15-10-4-3-9(13(14)20)7-11(10)18-2/h3-4,7H,5-6,8H2,1-2H3,(H2,14,20)(H,15,16). The Labute approximate surface area is 123 Å². The predicted octanol–water partition coefficient (Wildman–Crippen LogP) is 0.931. The van der Waals surface area contributed by atoms with Crippen molar-refractivity contribution in [3.63, 3.8) is 0 Å². The first-order valence-corrected chi connectivity index (χ1v) is 6.33. The Hall–Kier alpha value is -1.70. The van der Waals surface area contributed by atoms with Gasteiger partial charge in [-0.25, -0.2) is 0 Å². The molecule has 0 aliphatic heterocycles. The van der Waals surface area contributed by atoms with Gasteiger partial charge in [0.2, 0.25) is 5.91 Å². The number of amides is 1. The molecule has 0 atom stereocenters. The van der Waals surface area contributed by atoms with Crippen LogP contribution < -0.4 is 15.8 Å². The van der Waals surface area contributed by atoms with Gasteiger partial charge in [-0.1, -0.05) is 12.2 Å². The lowest BCUT2D eigenvalue weighted by Gasteiger charge is -2.11. The zero-order valence-electron chi connectivity index (χ0n) is 11.5. The fourth-order valence-corrected chi connectivity index (χ4v) is 1.57. The number of hydrogen-bond acceptors (Lipinski definition) is 5. The van der Waals surface area contributed by atoms with Gasteiger partial charge < -0.3 is 25.3 Å². The van der Waals surface area contributed by atoms with Crippen LogP contribution in [0, 0.1) is 0 Å². The van der Waals surface area contributed by atoms with Gasteiger partial charge in [0.15, 0.2) is 0 Å². The average Bonchev–Trinajstić information content (AvgIpc) is 2.43. The van der Waals surface area contributed by atoms with Crippen LogP contribution in [-0.4, -0.2) is 44.9 Å². The van der Waals surface area contributed by atoms with Gasteiger partial charge in [0.05, 0.1) is 26.0 Å². The number of anilines is 1. The van der Waals surface area contributed by atoms with Gasteiger partial charge in [-0.3, -0.25) is 4.79 Å². The van der Waals surface area contributed by atoms with Crippen molar-refractivity contribution < 1.29 is 19.0 Å². The Morgan fingerprint density at radius 1 is 1.35 bits per heavy atom. The lowest BCUT2D eigenvalue weighted by Crippen LogP contribution is -2.20. The first-order chi connectivity index (χ1) is 9.58. The first-order valence-electron chi connectivity index (χ1n) is 5.93. The zero-order valence-corrected chi connectivity index (χ0v) is 12.3. The first kappa shape index (κ1) is 16.4. The van der Waals surface area contributed by atoms with Crippen molar-refractivity contribution in [1.82, 2.24) is 0 Å². The molecule has 110 valence electrons. The topological polar surface area (TPSA) is 82.8 Å². The van der Waals surface area contributed by atoms with E-state index in [1.165, 1.54) is 7.11 Å². The lowest BCUT2D eigenvalue weighted by atomic mass is 10.2.